The summed E-state index contributed by atoms with van der Waals surface area (Å²) in [5.41, 5.74) is 0. The van der Waals surface area contributed by atoms with Crippen molar-refractivity contribution in [2.24, 2.45) is 0 Å². The van der Waals surface area contributed by atoms with Crippen molar-refractivity contribution < 1.29 is 34.6 Å². The van der Waals surface area contributed by atoms with Gasteiger partial charge in [0.1, 0.15) is 0 Å². The molecular weight excluding hydrogens is 91.0 g/mol. The fourth-order valence-electron chi connectivity index (χ4n) is 0.0833. The van der Waals surface area contributed by atoms with Crippen LogP contribution in [-0.2, 0) is 9.47 Å². The molecular formula is C3H7LiO3. The fourth-order valence-corrected chi connectivity index (χ4v) is 0.0833. The molecule has 0 heterocycles. The van der Waals surface area contributed by atoms with Crippen molar-refractivity contribution in [1.82, 2.24) is 0 Å². The molecule has 0 aliphatic carbocycles. The molecule has 0 N–H and O–H groups in total. The van der Waals surface area contributed by atoms with Crippen LogP contribution in [0.3, 0.4) is 0 Å². The number of carbonyl (C=O) groups excluding carboxylic acids is 1. The van der Waals surface area contributed by atoms with Crippen molar-refractivity contribution in [3.05, 3.63) is 0 Å². The van der Waals surface area contributed by atoms with E-state index in [1.807, 2.05) is 0 Å². The number of carbonyl (C=O) groups is 1. The summed E-state index contributed by atoms with van der Waals surface area (Å²) in [6, 6.07) is 0. The van der Waals surface area contributed by atoms with Gasteiger partial charge in [-0.3, -0.25) is 0 Å². The molecule has 0 rings (SSSR count). The fraction of sp³-hybridized carbons (Fsp3) is 0.667. The molecule has 0 aromatic heterocycles. The topological polar surface area (TPSA) is 35.5 Å². The first-order valence-electron chi connectivity index (χ1n) is 1.43. The van der Waals surface area contributed by atoms with Gasteiger partial charge in [0.25, 0.3) is 0 Å². The predicted octanol–water partition coefficient (Wildman–Crippen LogP) is -2.48. The number of hydrogen-bond acceptors (Lipinski definition) is 3. The molecule has 0 aliphatic rings. The quantitative estimate of drug-likeness (QED) is 0.248. The first-order valence-corrected chi connectivity index (χ1v) is 1.43. The smallest absolute Gasteiger partial charge is 1.00 e. The minimum atomic E-state index is -0.657. The van der Waals surface area contributed by atoms with Gasteiger partial charge in [0.2, 0.25) is 0 Å². The molecule has 0 atom stereocenters. The number of hydrogen-bond donors (Lipinski definition) is 0. The second kappa shape index (κ2) is 5.87. The maximum absolute atomic E-state index is 9.74. The summed E-state index contributed by atoms with van der Waals surface area (Å²) in [7, 11) is 2.51. The Hall–Kier alpha value is -0.133. The average molecular weight is 98.0 g/mol. The van der Waals surface area contributed by atoms with Gasteiger partial charge in [-0.15, -0.1) is 0 Å². The van der Waals surface area contributed by atoms with E-state index in [1.165, 1.54) is 14.2 Å². The molecule has 0 aliphatic heterocycles. The van der Waals surface area contributed by atoms with Gasteiger partial charge in [0.05, 0.1) is 14.2 Å². The Morgan fingerprint density at radius 1 is 1.43 bits per heavy atom. The molecule has 0 aromatic rings. The largest absolute Gasteiger partial charge is 1.00 e. The van der Waals surface area contributed by atoms with Gasteiger partial charge in [-0.1, -0.05) is 0 Å². The van der Waals surface area contributed by atoms with Crippen LogP contribution in [0.5, 0.6) is 0 Å². The molecule has 4 heteroatoms. The minimum absolute atomic E-state index is 0. The van der Waals surface area contributed by atoms with Crippen molar-refractivity contribution in [2.45, 2.75) is 0 Å². The summed E-state index contributed by atoms with van der Waals surface area (Å²) in [6.45, 7) is 0. The Morgan fingerprint density at radius 3 is 1.71 bits per heavy atom. The third-order valence-electron chi connectivity index (χ3n) is 0.333. The summed E-state index contributed by atoms with van der Waals surface area (Å²) in [5.74, 6) is 0. The second-order valence-corrected chi connectivity index (χ2v) is 0.658. The summed E-state index contributed by atoms with van der Waals surface area (Å²) in [5, 5.41) is 0. The first-order chi connectivity index (χ1) is 2.81. The van der Waals surface area contributed by atoms with E-state index in [4.69, 9.17) is 0 Å². The Kier molecular flexibility index (Phi) is 8.36. The molecule has 3 nitrogen and oxygen atoms in total. The van der Waals surface area contributed by atoms with Gasteiger partial charge in [-0.2, -0.15) is 0 Å². The van der Waals surface area contributed by atoms with Crippen LogP contribution in [0.15, 0.2) is 0 Å². The van der Waals surface area contributed by atoms with E-state index in [9.17, 15) is 4.79 Å². The van der Waals surface area contributed by atoms with Gasteiger partial charge in [-0.05, 0) is 0 Å². The van der Waals surface area contributed by atoms with Gasteiger partial charge in [-0.25, -0.2) is 4.79 Å². The van der Waals surface area contributed by atoms with Crippen LogP contribution in [0.1, 0.15) is 1.43 Å². The molecule has 0 radical (unpaired) electrons. The summed E-state index contributed by atoms with van der Waals surface area (Å²) >= 11 is 0. The summed E-state index contributed by atoms with van der Waals surface area (Å²) in [4.78, 5) is 9.74. The van der Waals surface area contributed by atoms with Crippen LogP contribution in [-0.4, -0.2) is 20.4 Å². The van der Waals surface area contributed by atoms with Crippen LogP contribution in [0.25, 0.3) is 0 Å². The first kappa shape index (κ1) is 9.98. The Balaban J connectivity index is -0.000000125. The zero-order chi connectivity index (χ0) is 4.99. The zero-order valence-corrected chi connectivity index (χ0v) is 4.72. The van der Waals surface area contributed by atoms with E-state index in [0.29, 0.717) is 0 Å². The average Bonchev–Trinajstić information content (AvgIpc) is 1.65. The van der Waals surface area contributed by atoms with E-state index < -0.39 is 6.16 Å². The van der Waals surface area contributed by atoms with Gasteiger partial charge in [0, 0.05) is 0 Å². The Morgan fingerprint density at radius 2 is 1.71 bits per heavy atom. The summed E-state index contributed by atoms with van der Waals surface area (Å²) < 4.78 is 8.08. The zero-order valence-electron chi connectivity index (χ0n) is 5.72. The van der Waals surface area contributed by atoms with E-state index in [-0.39, 0.29) is 20.3 Å². The molecule has 0 amide bonds. The number of methoxy groups -OCH3 is 2. The van der Waals surface area contributed by atoms with E-state index in [2.05, 4.69) is 9.47 Å². The molecule has 0 saturated heterocycles. The third kappa shape index (κ3) is 5.87. The van der Waals surface area contributed by atoms with Gasteiger partial charge < -0.3 is 10.9 Å². The van der Waals surface area contributed by atoms with Crippen molar-refractivity contribution in [3.8, 4) is 0 Å². The molecule has 38 valence electrons. The van der Waals surface area contributed by atoms with Crippen LogP contribution in [0.4, 0.5) is 4.79 Å². The predicted molar refractivity (Wildman–Crippen MR) is 20.5 cm³/mol. The van der Waals surface area contributed by atoms with Crippen LogP contribution in [0.2, 0.25) is 0 Å². The van der Waals surface area contributed by atoms with Crippen molar-refractivity contribution in [1.29, 1.82) is 0 Å². The standard InChI is InChI=1S/C3H6O3.Li.H/c1-5-3(4)6-2;;/h1-2H3;;/q;+1;-1. The molecule has 0 aromatic carbocycles. The monoisotopic (exact) mass is 98.1 g/mol. The van der Waals surface area contributed by atoms with E-state index in [1.54, 1.807) is 0 Å². The SMILES string of the molecule is COC(=O)OC.[H-].[Li+]. The van der Waals surface area contributed by atoms with Crippen molar-refractivity contribution in [3.63, 3.8) is 0 Å². The molecule has 0 unspecified atom stereocenters. The molecule has 7 heavy (non-hydrogen) atoms. The molecule has 0 fully saturated rings. The summed E-state index contributed by atoms with van der Waals surface area (Å²) in [6.07, 6.45) is -0.657. The van der Waals surface area contributed by atoms with Gasteiger partial charge >= 0.3 is 25.0 Å². The van der Waals surface area contributed by atoms with Crippen molar-refractivity contribution >= 4 is 6.16 Å². The third-order valence-corrected chi connectivity index (χ3v) is 0.333. The minimum Gasteiger partial charge on any atom is -1.00 e. The Bertz CT molecular complexity index is 52.5. The maximum atomic E-state index is 9.74. The van der Waals surface area contributed by atoms with Crippen LogP contribution >= 0.6 is 0 Å². The maximum Gasteiger partial charge on any atom is 1.00 e. The molecule has 0 saturated carbocycles. The number of ether oxygens (including phenoxy) is 2. The van der Waals surface area contributed by atoms with E-state index >= 15 is 0 Å². The number of rotatable bonds is 0. The van der Waals surface area contributed by atoms with Gasteiger partial charge in [0.15, 0.2) is 0 Å². The van der Waals surface area contributed by atoms with Crippen molar-refractivity contribution in [2.75, 3.05) is 14.2 Å². The van der Waals surface area contributed by atoms with Crippen LogP contribution in [0, 0.1) is 0 Å². The van der Waals surface area contributed by atoms with Crippen LogP contribution < -0.4 is 18.9 Å². The molecule has 0 bridgehead atoms. The Labute approximate surface area is 55.6 Å². The molecule has 0 spiro atoms. The normalized spacial score (nSPS) is 6.00. The second-order valence-electron chi connectivity index (χ2n) is 0.658. The van der Waals surface area contributed by atoms with E-state index in [0.717, 1.165) is 0 Å².